The van der Waals surface area contributed by atoms with Gasteiger partial charge in [0.05, 0.1) is 6.42 Å². The lowest BCUT2D eigenvalue weighted by Gasteiger charge is -2.14. The molecule has 5 heteroatoms. The predicted octanol–water partition coefficient (Wildman–Crippen LogP) is 4.15. The third-order valence-corrected chi connectivity index (χ3v) is 4.25. The lowest BCUT2D eigenvalue weighted by atomic mass is 9.99. The lowest BCUT2D eigenvalue weighted by Crippen LogP contribution is -2.30. The third kappa shape index (κ3) is 6.06. The van der Waals surface area contributed by atoms with Gasteiger partial charge in [-0.05, 0) is 51.5 Å². The summed E-state index contributed by atoms with van der Waals surface area (Å²) in [6.45, 7) is 7.24. The molecule has 0 heterocycles. The average Bonchev–Trinajstić information content (AvgIpc) is 2.63. The van der Waals surface area contributed by atoms with Crippen molar-refractivity contribution >= 4 is 23.3 Å². The van der Waals surface area contributed by atoms with Gasteiger partial charge in [-0.25, -0.2) is 0 Å². The van der Waals surface area contributed by atoms with Crippen LogP contribution in [0, 0.1) is 20.8 Å². The van der Waals surface area contributed by atoms with Gasteiger partial charge in [0, 0.05) is 17.7 Å². The molecule has 1 N–H and O–H groups in total. The van der Waals surface area contributed by atoms with E-state index in [-0.39, 0.29) is 18.6 Å². The second kappa shape index (κ2) is 9.12. The summed E-state index contributed by atoms with van der Waals surface area (Å²) >= 11 is 0. The first-order valence-corrected chi connectivity index (χ1v) is 8.93. The average molecular weight is 367 g/mol. The molecule has 27 heavy (non-hydrogen) atoms. The maximum atomic E-state index is 12.3. The molecule has 0 unspecified atom stereocenters. The van der Waals surface area contributed by atoms with Gasteiger partial charge < -0.3 is 10.1 Å². The number of rotatable bonds is 7. The Morgan fingerprint density at radius 2 is 1.56 bits per heavy atom. The van der Waals surface area contributed by atoms with Crippen LogP contribution in [-0.4, -0.2) is 23.8 Å². The molecule has 0 aliphatic heterocycles. The first-order chi connectivity index (χ1) is 12.8. The summed E-state index contributed by atoms with van der Waals surface area (Å²) in [7, 11) is 0. The maximum Gasteiger partial charge on any atom is 0.307 e. The fourth-order valence-electron chi connectivity index (χ4n) is 2.58. The molecule has 0 aromatic heterocycles. The van der Waals surface area contributed by atoms with Crippen LogP contribution in [0.2, 0.25) is 0 Å². The Hall–Kier alpha value is -2.95. The molecule has 1 amide bonds. The van der Waals surface area contributed by atoms with Crippen molar-refractivity contribution in [2.24, 2.45) is 0 Å². The summed E-state index contributed by atoms with van der Waals surface area (Å²) in [5, 5.41) is 2.70. The molecule has 2 aromatic carbocycles. The zero-order valence-corrected chi connectivity index (χ0v) is 16.2. The number of hydrogen-bond acceptors (Lipinski definition) is 4. The highest BCUT2D eigenvalue weighted by molar-refractivity contribution is 5.99. The number of nitrogens with one attached hydrogen (secondary N) is 1. The summed E-state index contributed by atoms with van der Waals surface area (Å²) in [6, 6.07) is 13.0. The Labute approximate surface area is 159 Å². The standard InChI is InChI=1S/C22H25NO4/c1-14-6-9-18(10-7-14)23-22(26)17(4)27-21(25)12-11-20(24)19-13-15(2)5-8-16(19)3/h5-10,13,17H,11-12H2,1-4H3,(H,23,26)/t17-/m0/s1. The number of hydrogen-bond donors (Lipinski definition) is 1. The summed E-state index contributed by atoms with van der Waals surface area (Å²) in [6.07, 6.45) is -0.946. The first kappa shape index (κ1) is 20.4. The number of carbonyl (C=O) groups excluding carboxylic acids is 3. The smallest absolute Gasteiger partial charge is 0.307 e. The van der Waals surface area contributed by atoms with Crippen LogP contribution in [0.15, 0.2) is 42.5 Å². The molecule has 0 saturated heterocycles. The summed E-state index contributed by atoms with van der Waals surface area (Å²) in [4.78, 5) is 36.4. The van der Waals surface area contributed by atoms with E-state index in [4.69, 9.17) is 4.74 Å². The van der Waals surface area contributed by atoms with Crippen LogP contribution in [0.3, 0.4) is 0 Å². The molecule has 2 rings (SSSR count). The topological polar surface area (TPSA) is 72.5 Å². The summed E-state index contributed by atoms with van der Waals surface area (Å²) in [5.41, 5.74) is 4.21. The highest BCUT2D eigenvalue weighted by atomic mass is 16.5. The molecule has 0 radical (unpaired) electrons. The van der Waals surface area contributed by atoms with E-state index < -0.39 is 18.0 Å². The van der Waals surface area contributed by atoms with Gasteiger partial charge in [-0.2, -0.15) is 0 Å². The van der Waals surface area contributed by atoms with E-state index in [0.717, 1.165) is 16.7 Å². The number of aryl methyl sites for hydroxylation is 3. The number of anilines is 1. The van der Waals surface area contributed by atoms with E-state index in [1.165, 1.54) is 6.92 Å². The van der Waals surface area contributed by atoms with Crippen LogP contribution in [0.25, 0.3) is 0 Å². The van der Waals surface area contributed by atoms with Crippen LogP contribution in [0.5, 0.6) is 0 Å². The van der Waals surface area contributed by atoms with E-state index in [2.05, 4.69) is 5.32 Å². The Kier molecular flexibility index (Phi) is 6.88. The number of carbonyl (C=O) groups is 3. The number of ether oxygens (including phenoxy) is 1. The van der Waals surface area contributed by atoms with Gasteiger partial charge in [0.2, 0.25) is 0 Å². The van der Waals surface area contributed by atoms with Gasteiger partial charge >= 0.3 is 5.97 Å². The van der Waals surface area contributed by atoms with Crippen molar-refractivity contribution in [3.8, 4) is 0 Å². The third-order valence-electron chi connectivity index (χ3n) is 4.25. The van der Waals surface area contributed by atoms with Gasteiger partial charge in [-0.15, -0.1) is 0 Å². The molecule has 0 spiro atoms. The highest BCUT2D eigenvalue weighted by Crippen LogP contribution is 2.15. The van der Waals surface area contributed by atoms with Gasteiger partial charge in [0.1, 0.15) is 0 Å². The van der Waals surface area contributed by atoms with Crippen LogP contribution >= 0.6 is 0 Å². The first-order valence-electron chi connectivity index (χ1n) is 8.93. The monoisotopic (exact) mass is 367 g/mol. The molecule has 0 saturated carbocycles. The van der Waals surface area contributed by atoms with E-state index in [1.807, 2.05) is 51.1 Å². The molecule has 0 aliphatic carbocycles. The van der Waals surface area contributed by atoms with Gasteiger partial charge in [0.15, 0.2) is 11.9 Å². The summed E-state index contributed by atoms with van der Waals surface area (Å²) < 4.78 is 5.15. The van der Waals surface area contributed by atoms with Crippen LogP contribution in [0.1, 0.15) is 46.8 Å². The van der Waals surface area contributed by atoms with Crippen LogP contribution in [-0.2, 0) is 14.3 Å². The molecular weight excluding hydrogens is 342 g/mol. The molecule has 0 aliphatic rings. The lowest BCUT2D eigenvalue weighted by molar-refractivity contribution is -0.153. The van der Waals surface area contributed by atoms with Crippen molar-refractivity contribution in [2.45, 2.75) is 46.6 Å². The molecule has 142 valence electrons. The zero-order valence-electron chi connectivity index (χ0n) is 16.2. The van der Waals surface area contributed by atoms with E-state index in [1.54, 1.807) is 12.1 Å². The molecular formula is C22H25NO4. The Morgan fingerprint density at radius 3 is 2.22 bits per heavy atom. The van der Waals surface area contributed by atoms with Crippen molar-refractivity contribution in [1.82, 2.24) is 0 Å². The quantitative estimate of drug-likeness (QED) is 0.589. The number of benzene rings is 2. The van der Waals surface area contributed by atoms with Crippen LogP contribution < -0.4 is 5.32 Å². The Morgan fingerprint density at radius 1 is 0.926 bits per heavy atom. The molecule has 5 nitrogen and oxygen atoms in total. The highest BCUT2D eigenvalue weighted by Gasteiger charge is 2.19. The minimum atomic E-state index is -0.936. The fourth-order valence-corrected chi connectivity index (χ4v) is 2.58. The van der Waals surface area contributed by atoms with Gasteiger partial charge in [-0.3, -0.25) is 14.4 Å². The van der Waals surface area contributed by atoms with Crippen molar-refractivity contribution < 1.29 is 19.1 Å². The van der Waals surface area contributed by atoms with E-state index in [0.29, 0.717) is 11.3 Å². The van der Waals surface area contributed by atoms with Crippen molar-refractivity contribution in [2.75, 3.05) is 5.32 Å². The predicted molar refractivity (Wildman–Crippen MR) is 105 cm³/mol. The Bertz CT molecular complexity index is 840. The van der Waals surface area contributed by atoms with Crippen molar-refractivity contribution in [3.63, 3.8) is 0 Å². The minimum absolute atomic E-state index is 0.0510. The Balaban J connectivity index is 1.83. The molecule has 1 atom stereocenters. The minimum Gasteiger partial charge on any atom is -0.453 e. The summed E-state index contributed by atoms with van der Waals surface area (Å²) in [5.74, 6) is -1.09. The van der Waals surface area contributed by atoms with Crippen LogP contribution in [0.4, 0.5) is 5.69 Å². The number of esters is 1. The molecule has 0 fully saturated rings. The maximum absolute atomic E-state index is 12.3. The van der Waals surface area contributed by atoms with Crippen molar-refractivity contribution in [1.29, 1.82) is 0 Å². The number of Topliss-reactive ketones (excluding diaryl/α,β-unsaturated/α-hetero) is 1. The SMILES string of the molecule is Cc1ccc(NC(=O)[C@H](C)OC(=O)CCC(=O)c2cc(C)ccc2C)cc1. The van der Waals surface area contributed by atoms with Crippen molar-refractivity contribution in [3.05, 3.63) is 64.7 Å². The molecule has 2 aromatic rings. The molecule has 0 bridgehead atoms. The number of ketones is 1. The van der Waals surface area contributed by atoms with Gasteiger partial charge in [-0.1, -0.05) is 35.4 Å². The normalized spacial score (nSPS) is 11.6. The second-order valence-corrected chi connectivity index (χ2v) is 6.73. The fraction of sp³-hybridized carbons (Fsp3) is 0.318. The van der Waals surface area contributed by atoms with E-state index in [9.17, 15) is 14.4 Å². The van der Waals surface area contributed by atoms with Gasteiger partial charge in [0.25, 0.3) is 5.91 Å². The second-order valence-electron chi connectivity index (χ2n) is 6.73. The number of amides is 1. The largest absolute Gasteiger partial charge is 0.453 e. The zero-order chi connectivity index (χ0) is 20.0. The van der Waals surface area contributed by atoms with E-state index >= 15 is 0 Å².